The predicted molar refractivity (Wildman–Crippen MR) is 111 cm³/mol. The van der Waals surface area contributed by atoms with Crippen molar-refractivity contribution in [2.75, 3.05) is 37.8 Å². The lowest BCUT2D eigenvalue weighted by Crippen LogP contribution is -2.37. The van der Waals surface area contributed by atoms with E-state index in [4.69, 9.17) is 9.47 Å². The maximum absolute atomic E-state index is 12.8. The highest BCUT2D eigenvalue weighted by Crippen LogP contribution is 2.27. The van der Waals surface area contributed by atoms with Crippen LogP contribution in [0.1, 0.15) is 37.4 Å². The van der Waals surface area contributed by atoms with E-state index in [0.717, 1.165) is 16.7 Å². The third-order valence-electron chi connectivity index (χ3n) is 5.05. The first kappa shape index (κ1) is 21.4. The quantitative estimate of drug-likeness (QED) is 0.310. The summed E-state index contributed by atoms with van der Waals surface area (Å²) in [4.78, 5) is 38.0. The van der Waals surface area contributed by atoms with Crippen molar-refractivity contribution < 1.29 is 24.0 Å². The first-order valence-corrected chi connectivity index (χ1v) is 9.67. The fourth-order valence-electron chi connectivity index (χ4n) is 3.78. The molecule has 3 rings (SSSR count). The van der Waals surface area contributed by atoms with Gasteiger partial charge in [0, 0.05) is 30.8 Å². The van der Waals surface area contributed by atoms with Crippen LogP contribution in [0.15, 0.2) is 30.3 Å². The number of hydrogen-bond donors (Lipinski definition) is 0. The van der Waals surface area contributed by atoms with Gasteiger partial charge in [-0.1, -0.05) is 17.7 Å². The Balaban J connectivity index is 1.82. The molecule has 1 fully saturated rings. The lowest BCUT2D eigenvalue weighted by Gasteiger charge is -2.30. The van der Waals surface area contributed by atoms with E-state index in [2.05, 4.69) is 0 Å². The Bertz CT molecular complexity index is 972. The van der Waals surface area contributed by atoms with Crippen LogP contribution in [0.3, 0.4) is 0 Å². The third-order valence-corrected chi connectivity index (χ3v) is 5.05. The molecule has 0 unspecified atom stereocenters. The molecular formula is C22H24N2O6. The van der Waals surface area contributed by atoms with Gasteiger partial charge >= 0.3 is 5.97 Å². The number of Topliss-reactive ketones (excluding diaryl/α,β-unsaturated/α-hetero) is 1. The molecule has 1 saturated heterocycles. The Labute approximate surface area is 174 Å². The molecule has 8 heteroatoms. The van der Waals surface area contributed by atoms with Crippen molar-refractivity contribution in [3.8, 4) is 0 Å². The molecule has 0 spiro atoms. The minimum Gasteiger partial charge on any atom is -0.454 e. The van der Waals surface area contributed by atoms with E-state index in [9.17, 15) is 19.7 Å². The molecule has 8 nitrogen and oxygen atoms in total. The lowest BCUT2D eigenvalue weighted by molar-refractivity contribution is -0.384. The van der Waals surface area contributed by atoms with E-state index in [1.165, 1.54) is 18.2 Å². The van der Waals surface area contributed by atoms with Crippen molar-refractivity contribution in [3.05, 3.63) is 68.3 Å². The topological polar surface area (TPSA) is 99.0 Å². The van der Waals surface area contributed by atoms with Crippen molar-refractivity contribution in [2.24, 2.45) is 0 Å². The molecular weight excluding hydrogens is 388 g/mol. The number of carbonyl (C=O) groups excluding carboxylic acids is 2. The van der Waals surface area contributed by atoms with E-state index in [1.54, 1.807) is 0 Å². The number of benzene rings is 2. The van der Waals surface area contributed by atoms with Crippen molar-refractivity contribution in [3.63, 3.8) is 0 Å². The van der Waals surface area contributed by atoms with Crippen molar-refractivity contribution in [1.82, 2.24) is 0 Å². The number of nitrogens with zero attached hydrogens (tertiary/aromatic N) is 2. The number of aryl methyl sites for hydroxylation is 3. The normalized spacial score (nSPS) is 13.8. The van der Waals surface area contributed by atoms with Crippen molar-refractivity contribution in [2.45, 2.75) is 20.8 Å². The summed E-state index contributed by atoms with van der Waals surface area (Å²) in [5.41, 5.74) is 3.60. The number of nitro groups is 1. The first-order valence-electron chi connectivity index (χ1n) is 9.67. The molecule has 0 bridgehead atoms. The van der Waals surface area contributed by atoms with Crippen LogP contribution in [-0.2, 0) is 9.47 Å². The Morgan fingerprint density at radius 3 is 2.33 bits per heavy atom. The molecule has 158 valence electrons. The number of esters is 1. The SMILES string of the molecule is Cc1cc(C)c(C(=O)COC(=O)c2cc([N+](=O)[O-])ccc2N2CCOCC2)c(C)c1. The van der Waals surface area contributed by atoms with E-state index in [-0.39, 0.29) is 17.0 Å². The monoisotopic (exact) mass is 412 g/mol. The predicted octanol–water partition coefficient (Wildman–Crippen LogP) is 3.40. The number of anilines is 1. The highest BCUT2D eigenvalue weighted by Gasteiger charge is 2.24. The van der Waals surface area contributed by atoms with Gasteiger partial charge in [0.25, 0.3) is 5.69 Å². The van der Waals surface area contributed by atoms with Gasteiger partial charge in [-0.3, -0.25) is 14.9 Å². The van der Waals surface area contributed by atoms with Crippen LogP contribution in [0.5, 0.6) is 0 Å². The van der Waals surface area contributed by atoms with Gasteiger partial charge in [0.2, 0.25) is 5.78 Å². The fraction of sp³-hybridized carbons (Fsp3) is 0.364. The summed E-state index contributed by atoms with van der Waals surface area (Å²) < 4.78 is 10.6. The zero-order valence-electron chi connectivity index (χ0n) is 17.3. The number of rotatable bonds is 6. The van der Waals surface area contributed by atoms with E-state index < -0.39 is 17.5 Å². The Hall–Kier alpha value is -3.26. The molecule has 30 heavy (non-hydrogen) atoms. The molecule has 0 N–H and O–H groups in total. The second-order valence-corrected chi connectivity index (χ2v) is 7.33. The molecule has 0 radical (unpaired) electrons. The average molecular weight is 412 g/mol. The number of non-ortho nitro benzene ring substituents is 1. The summed E-state index contributed by atoms with van der Waals surface area (Å²) >= 11 is 0. The van der Waals surface area contributed by atoms with Crippen LogP contribution in [0, 0.1) is 30.9 Å². The van der Waals surface area contributed by atoms with Gasteiger partial charge in [-0.2, -0.15) is 0 Å². The number of hydrogen-bond acceptors (Lipinski definition) is 7. The summed E-state index contributed by atoms with van der Waals surface area (Å²) in [5.74, 6) is -1.08. The highest BCUT2D eigenvalue weighted by atomic mass is 16.6. The Kier molecular flexibility index (Phi) is 6.47. The van der Waals surface area contributed by atoms with Crippen molar-refractivity contribution >= 4 is 23.1 Å². The fourth-order valence-corrected chi connectivity index (χ4v) is 3.78. The third kappa shape index (κ3) is 4.65. The Morgan fingerprint density at radius 2 is 1.73 bits per heavy atom. The lowest BCUT2D eigenvalue weighted by atomic mass is 9.97. The van der Waals surface area contributed by atoms with Gasteiger partial charge in [0.05, 0.1) is 29.4 Å². The molecule has 0 aliphatic carbocycles. The molecule has 0 saturated carbocycles. The van der Waals surface area contributed by atoms with E-state index >= 15 is 0 Å². The minimum atomic E-state index is -0.768. The number of ether oxygens (including phenoxy) is 2. The smallest absolute Gasteiger partial charge is 0.340 e. The van der Waals surface area contributed by atoms with Crippen LogP contribution in [0.25, 0.3) is 0 Å². The molecule has 1 aliphatic rings. The molecule has 0 atom stereocenters. The zero-order valence-corrected chi connectivity index (χ0v) is 17.3. The molecule has 0 aromatic heterocycles. The summed E-state index contributed by atoms with van der Waals surface area (Å²) in [6, 6.07) is 7.89. The molecule has 2 aromatic carbocycles. The van der Waals surface area contributed by atoms with Gasteiger partial charge in [0.15, 0.2) is 6.61 Å². The van der Waals surface area contributed by atoms with Gasteiger partial charge in [-0.25, -0.2) is 4.79 Å². The second kappa shape index (κ2) is 9.04. The maximum Gasteiger partial charge on any atom is 0.340 e. The standard InChI is InChI=1S/C22H24N2O6/c1-14-10-15(2)21(16(3)11-14)20(25)13-30-22(26)18-12-17(24(27)28)4-5-19(18)23-6-8-29-9-7-23/h4-5,10-12H,6-9,13H2,1-3H3. The molecule has 1 heterocycles. The first-order chi connectivity index (χ1) is 14.3. The van der Waals surface area contributed by atoms with Gasteiger partial charge in [-0.05, 0) is 38.0 Å². The molecule has 2 aromatic rings. The summed E-state index contributed by atoms with van der Waals surface area (Å²) in [7, 11) is 0. The maximum atomic E-state index is 12.8. The molecule has 1 aliphatic heterocycles. The average Bonchev–Trinajstić information content (AvgIpc) is 2.71. The minimum absolute atomic E-state index is 0.0660. The number of nitro benzene ring substituents is 1. The Morgan fingerprint density at radius 1 is 1.10 bits per heavy atom. The van der Waals surface area contributed by atoms with Gasteiger partial charge < -0.3 is 14.4 Å². The number of morpholine rings is 1. The van der Waals surface area contributed by atoms with E-state index in [1.807, 2.05) is 37.8 Å². The van der Waals surface area contributed by atoms with E-state index in [0.29, 0.717) is 37.6 Å². The summed E-state index contributed by atoms with van der Waals surface area (Å²) in [6.07, 6.45) is 0. The summed E-state index contributed by atoms with van der Waals surface area (Å²) in [5, 5.41) is 11.2. The summed E-state index contributed by atoms with van der Waals surface area (Å²) in [6.45, 7) is 7.29. The van der Waals surface area contributed by atoms with Crippen LogP contribution in [-0.4, -0.2) is 49.6 Å². The number of carbonyl (C=O) groups is 2. The zero-order chi connectivity index (χ0) is 21.8. The van der Waals surface area contributed by atoms with Crippen LogP contribution >= 0.6 is 0 Å². The highest BCUT2D eigenvalue weighted by molar-refractivity contribution is 6.02. The molecule has 0 amide bonds. The van der Waals surface area contributed by atoms with Gasteiger partial charge in [-0.15, -0.1) is 0 Å². The number of ketones is 1. The largest absolute Gasteiger partial charge is 0.454 e. The van der Waals surface area contributed by atoms with Gasteiger partial charge in [0.1, 0.15) is 0 Å². The van der Waals surface area contributed by atoms with Crippen LogP contribution < -0.4 is 4.90 Å². The van der Waals surface area contributed by atoms with Crippen LogP contribution in [0.4, 0.5) is 11.4 Å². The van der Waals surface area contributed by atoms with Crippen LogP contribution in [0.2, 0.25) is 0 Å². The second-order valence-electron chi connectivity index (χ2n) is 7.33. The van der Waals surface area contributed by atoms with Crippen molar-refractivity contribution in [1.29, 1.82) is 0 Å².